The summed E-state index contributed by atoms with van der Waals surface area (Å²) in [7, 11) is 0. The second-order valence-electron chi connectivity index (χ2n) is 20.2. The van der Waals surface area contributed by atoms with Crippen LogP contribution in [0.3, 0.4) is 0 Å². The van der Waals surface area contributed by atoms with Gasteiger partial charge in [0.05, 0.1) is 0 Å². The highest BCUT2D eigenvalue weighted by atomic mass is 16.6. The number of unbranched alkanes of at least 4 members (excludes halogenated alkanes) is 32. The van der Waals surface area contributed by atoms with Gasteiger partial charge in [0.1, 0.15) is 13.2 Å². The van der Waals surface area contributed by atoms with Gasteiger partial charge in [0.15, 0.2) is 6.10 Å². The highest BCUT2D eigenvalue weighted by Gasteiger charge is 2.19. The van der Waals surface area contributed by atoms with Gasteiger partial charge in [0, 0.05) is 19.3 Å². The lowest BCUT2D eigenvalue weighted by Gasteiger charge is -2.18. The van der Waals surface area contributed by atoms with Crippen molar-refractivity contribution in [3.8, 4) is 0 Å². The average Bonchev–Trinajstić information content (AvgIpc) is 3.37. The number of hydrogen-bond donors (Lipinski definition) is 0. The van der Waals surface area contributed by atoms with Gasteiger partial charge in [-0.05, 0) is 89.9 Å². The molecule has 0 aromatic carbocycles. The maximum Gasteiger partial charge on any atom is 0.306 e. The van der Waals surface area contributed by atoms with E-state index in [2.05, 4.69) is 93.7 Å². The van der Waals surface area contributed by atoms with Crippen molar-refractivity contribution in [1.82, 2.24) is 0 Å². The Morgan fingerprint density at radius 1 is 0.296 bits per heavy atom. The Hall–Kier alpha value is -3.15. The minimum Gasteiger partial charge on any atom is -0.462 e. The number of ether oxygens (including phenoxy) is 3. The van der Waals surface area contributed by atoms with E-state index in [1.54, 1.807) is 0 Å². The first kappa shape index (κ1) is 67.8. The molecule has 0 bridgehead atoms. The van der Waals surface area contributed by atoms with E-state index in [0.717, 1.165) is 116 Å². The Bertz CT molecular complexity index is 1320. The first-order valence-corrected chi connectivity index (χ1v) is 30.4. The van der Waals surface area contributed by atoms with E-state index in [-0.39, 0.29) is 31.1 Å². The fourth-order valence-corrected chi connectivity index (χ4v) is 8.64. The molecule has 0 aliphatic heterocycles. The second kappa shape index (κ2) is 59.4. The monoisotopic (exact) mass is 991 g/mol. The smallest absolute Gasteiger partial charge is 0.306 e. The third kappa shape index (κ3) is 57.6. The van der Waals surface area contributed by atoms with Crippen molar-refractivity contribution >= 4 is 17.9 Å². The van der Waals surface area contributed by atoms with Gasteiger partial charge < -0.3 is 14.2 Å². The Balaban J connectivity index is 4.38. The Morgan fingerprint density at radius 3 is 0.887 bits per heavy atom. The molecular formula is C65H114O6. The molecule has 0 amide bonds. The van der Waals surface area contributed by atoms with Crippen LogP contribution in [0.15, 0.2) is 72.9 Å². The van der Waals surface area contributed by atoms with Crippen molar-refractivity contribution in [3.05, 3.63) is 72.9 Å². The second-order valence-corrected chi connectivity index (χ2v) is 20.2. The molecule has 0 aliphatic carbocycles. The lowest BCUT2D eigenvalue weighted by Crippen LogP contribution is -2.30. The predicted octanol–water partition coefficient (Wildman–Crippen LogP) is 20.5. The molecular weight excluding hydrogens is 877 g/mol. The molecule has 1 unspecified atom stereocenters. The molecule has 0 aromatic rings. The van der Waals surface area contributed by atoms with Gasteiger partial charge in [-0.2, -0.15) is 0 Å². The summed E-state index contributed by atoms with van der Waals surface area (Å²) in [4.78, 5) is 38.2. The summed E-state index contributed by atoms with van der Waals surface area (Å²) in [6.45, 7) is 6.50. The van der Waals surface area contributed by atoms with E-state index in [9.17, 15) is 14.4 Å². The van der Waals surface area contributed by atoms with Crippen molar-refractivity contribution in [1.29, 1.82) is 0 Å². The molecule has 0 aromatic heterocycles. The minimum absolute atomic E-state index is 0.0876. The van der Waals surface area contributed by atoms with Crippen LogP contribution in [0.25, 0.3) is 0 Å². The van der Waals surface area contributed by atoms with E-state index < -0.39 is 6.10 Å². The number of carbonyl (C=O) groups excluding carboxylic acids is 3. The maximum absolute atomic E-state index is 12.9. The number of allylic oxidation sites excluding steroid dienone is 12. The molecule has 1 atom stereocenters. The first-order valence-electron chi connectivity index (χ1n) is 30.4. The summed E-state index contributed by atoms with van der Waals surface area (Å²) in [6, 6.07) is 0. The molecule has 0 aliphatic rings. The molecule has 0 radical (unpaired) electrons. The Labute approximate surface area is 440 Å². The predicted molar refractivity (Wildman–Crippen MR) is 307 cm³/mol. The quantitative estimate of drug-likeness (QED) is 0.0261. The summed E-state index contributed by atoms with van der Waals surface area (Å²) in [5.41, 5.74) is 0. The lowest BCUT2D eigenvalue weighted by atomic mass is 10.0. The molecule has 0 heterocycles. The fraction of sp³-hybridized carbons (Fsp3) is 0.769. The van der Waals surface area contributed by atoms with Crippen LogP contribution >= 0.6 is 0 Å². The summed E-state index contributed by atoms with van der Waals surface area (Å²) >= 11 is 0. The Kier molecular flexibility index (Phi) is 56.8. The van der Waals surface area contributed by atoms with Gasteiger partial charge in [-0.25, -0.2) is 0 Å². The molecule has 71 heavy (non-hydrogen) atoms. The van der Waals surface area contributed by atoms with Crippen LogP contribution in [0.1, 0.15) is 303 Å². The third-order valence-electron chi connectivity index (χ3n) is 13.2. The molecule has 0 saturated carbocycles. The lowest BCUT2D eigenvalue weighted by molar-refractivity contribution is -0.167. The fourth-order valence-electron chi connectivity index (χ4n) is 8.64. The molecule has 410 valence electrons. The molecule has 0 saturated heterocycles. The van der Waals surface area contributed by atoms with E-state index in [4.69, 9.17) is 14.2 Å². The zero-order valence-corrected chi connectivity index (χ0v) is 47.0. The zero-order valence-electron chi connectivity index (χ0n) is 47.0. The molecule has 0 N–H and O–H groups in total. The highest BCUT2D eigenvalue weighted by Crippen LogP contribution is 2.17. The number of rotatable bonds is 55. The minimum atomic E-state index is -0.794. The largest absolute Gasteiger partial charge is 0.462 e. The van der Waals surface area contributed by atoms with Crippen LogP contribution in [-0.4, -0.2) is 37.2 Å². The van der Waals surface area contributed by atoms with E-state index in [1.165, 1.54) is 148 Å². The topological polar surface area (TPSA) is 78.9 Å². The SMILES string of the molecule is CC/C=C\C/C=C\C/C=C\C/C=C\CCCCCCC(=O)OC(COC(=O)CCCCCCC/C=C\C/C=C\CCCCC)COC(=O)CCCCCCCCCCCCCCCCCCCCCCC. The molecule has 6 nitrogen and oxygen atoms in total. The van der Waals surface area contributed by atoms with Gasteiger partial charge in [0.2, 0.25) is 0 Å². The van der Waals surface area contributed by atoms with Gasteiger partial charge in [-0.3, -0.25) is 14.4 Å². The molecule has 0 spiro atoms. The van der Waals surface area contributed by atoms with Crippen LogP contribution in [0.5, 0.6) is 0 Å². The normalized spacial score (nSPS) is 12.5. The number of esters is 3. The zero-order chi connectivity index (χ0) is 51.4. The van der Waals surface area contributed by atoms with Gasteiger partial charge in [0.25, 0.3) is 0 Å². The van der Waals surface area contributed by atoms with Crippen LogP contribution < -0.4 is 0 Å². The summed E-state index contributed by atoms with van der Waals surface area (Å²) < 4.78 is 16.9. The summed E-state index contributed by atoms with van der Waals surface area (Å²) in [5, 5.41) is 0. The van der Waals surface area contributed by atoms with Crippen molar-refractivity contribution in [2.24, 2.45) is 0 Å². The maximum atomic E-state index is 12.9. The van der Waals surface area contributed by atoms with Crippen molar-refractivity contribution < 1.29 is 28.6 Å². The summed E-state index contributed by atoms with van der Waals surface area (Å²) in [5.74, 6) is -0.913. The van der Waals surface area contributed by atoms with Gasteiger partial charge >= 0.3 is 17.9 Å². The average molecular weight is 992 g/mol. The van der Waals surface area contributed by atoms with Crippen LogP contribution in [0.4, 0.5) is 0 Å². The first-order chi connectivity index (χ1) is 35.0. The number of carbonyl (C=O) groups is 3. The third-order valence-corrected chi connectivity index (χ3v) is 13.2. The van der Waals surface area contributed by atoms with Crippen molar-refractivity contribution in [3.63, 3.8) is 0 Å². The van der Waals surface area contributed by atoms with Gasteiger partial charge in [-0.1, -0.05) is 267 Å². The van der Waals surface area contributed by atoms with E-state index in [0.29, 0.717) is 19.3 Å². The molecule has 0 fully saturated rings. The highest BCUT2D eigenvalue weighted by molar-refractivity contribution is 5.71. The van der Waals surface area contributed by atoms with Crippen LogP contribution in [0.2, 0.25) is 0 Å². The van der Waals surface area contributed by atoms with Crippen LogP contribution in [-0.2, 0) is 28.6 Å². The van der Waals surface area contributed by atoms with E-state index >= 15 is 0 Å². The summed E-state index contributed by atoms with van der Waals surface area (Å²) in [6.07, 6.45) is 76.1. The Morgan fingerprint density at radius 2 is 0.549 bits per heavy atom. The van der Waals surface area contributed by atoms with Crippen molar-refractivity contribution in [2.45, 2.75) is 309 Å². The van der Waals surface area contributed by atoms with Gasteiger partial charge in [-0.15, -0.1) is 0 Å². The molecule has 0 rings (SSSR count). The van der Waals surface area contributed by atoms with Crippen molar-refractivity contribution in [2.75, 3.05) is 13.2 Å². The molecule has 6 heteroatoms. The van der Waals surface area contributed by atoms with Crippen LogP contribution in [0, 0.1) is 0 Å². The number of hydrogen-bond acceptors (Lipinski definition) is 6. The standard InChI is InChI=1S/C65H114O6/c1-4-7-10-13-16-19-22-25-28-30-31-32-33-35-37-40-43-46-49-52-55-58-64(67)70-61-62(60-69-63(66)57-54-51-48-45-42-39-36-27-24-21-18-15-12-9-6-3)71-65(68)59-56-53-50-47-44-41-38-34-29-26-23-20-17-14-11-8-5-2/h8,11,17-18,20-21,26-27,29,36,38,41,62H,4-7,9-10,12-16,19,22-25,28,30-35,37,39-40,42-61H2,1-3H3/b11-8-,20-17-,21-18-,29-26-,36-27-,41-38-. The van der Waals surface area contributed by atoms with E-state index in [1.807, 2.05) is 0 Å².